The number of hydrogen-bond acceptors (Lipinski definition) is 4. The van der Waals surface area contributed by atoms with Gasteiger partial charge in [0.15, 0.2) is 0 Å². The predicted octanol–water partition coefficient (Wildman–Crippen LogP) is -0.263. The monoisotopic (exact) mass is 272 g/mol. The topological polar surface area (TPSA) is 90.3 Å². The molecule has 2 fully saturated rings. The SMILES string of the molecule is CC1CN(C(=O)N2C[C@H](O)C[C@H]2C(=O)O)CCCO1. The van der Waals surface area contributed by atoms with E-state index in [0.717, 1.165) is 6.42 Å². The number of likely N-dealkylation sites (tertiary alicyclic amines) is 1. The van der Waals surface area contributed by atoms with E-state index in [-0.39, 0.29) is 25.1 Å². The van der Waals surface area contributed by atoms with Crippen LogP contribution in [0.1, 0.15) is 19.8 Å². The van der Waals surface area contributed by atoms with E-state index in [1.54, 1.807) is 4.90 Å². The number of ether oxygens (including phenoxy) is 1. The number of aliphatic carboxylic acids is 1. The normalized spacial score (nSPS) is 32.2. The molecule has 0 aromatic carbocycles. The number of carbonyl (C=O) groups is 2. The van der Waals surface area contributed by atoms with Gasteiger partial charge in [0.05, 0.1) is 12.2 Å². The summed E-state index contributed by atoms with van der Waals surface area (Å²) < 4.78 is 5.46. The standard InChI is InChI=1S/C12H20N2O5/c1-8-6-13(3-2-4-19-8)12(18)14-7-9(15)5-10(14)11(16)17/h8-10,15H,2-7H2,1H3,(H,16,17)/t8?,9-,10+/m1/s1. The molecule has 108 valence electrons. The number of hydrogen-bond donors (Lipinski definition) is 2. The second-order valence-electron chi connectivity index (χ2n) is 5.16. The molecule has 0 bridgehead atoms. The highest BCUT2D eigenvalue weighted by molar-refractivity contribution is 5.83. The fraction of sp³-hybridized carbons (Fsp3) is 0.833. The number of urea groups is 1. The number of rotatable bonds is 1. The molecule has 1 unspecified atom stereocenters. The largest absolute Gasteiger partial charge is 0.480 e. The third-order valence-electron chi connectivity index (χ3n) is 3.53. The molecule has 0 radical (unpaired) electrons. The summed E-state index contributed by atoms with van der Waals surface area (Å²) in [5.41, 5.74) is 0. The Labute approximate surface area is 111 Å². The molecule has 0 aromatic heterocycles. The average Bonchev–Trinajstić information content (AvgIpc) is 2.61. The van der Waals surface area contributed by atoms with Gasteiger partial charge in [0.1, 0.15) is 6.04 Å². The number of nitrogens with zero attached hydrogens (tertiary/aromatic N) is 2. The van der Waals surface area contributed by atoms with Crippen LogP contribution in [0.2, 0.25) is 0 Å². The zero-order valence-electron chi connectivity index (χ0n) is 11.0. The molecule has 0 spiro atoms. The van der Waals surface area contributed by atoms with Gasteiger partial charge in [-0.2, -0.15) is 0 Å². The second kappa shape index (κ2) is 5.75. The van der Waals surface area contributed by atoms with Gasteiger partial charge in [-0.25, -0.2) is 9.59 Å². The first-order valence-electron chi connectivity index (χ1n) is 6.57. The smallest absolute Gasteiger partial charge is 0.326 e. The van der Waals surface area contributed by atoms with Crippen molar-refractivity contribution in [2.24, 2.45) is 0 Å². The molecule has 2 saturated heterocycles. The summed E-state index contributed by atoms with van der Waals surface area (Å²) in [5, 5.41) is 18.7. The van der Waals surface area contributed by atoms with Crippen molar-refractivity contribution in [1.29, 1.82) is 0 Å². The number of carboxylic acid groups (broad SMARTS) is 1. The van der Waals surface area contributed by atoms with Crippen LogP contribution in [0.4, 0.5) is 4.79 Å². The Morgan fingerprint density at radius 1 is 1.32 bits per heavy atom. The van der Waals surface area contributed by atoms with Gasteiger partial charge in [-0.1, -0.05) is 0 Å². The first kappa shape index (κ1) is 14.1. The fourth-order valence-corrected chi connectivity index (χ4v) is 2.61. The molecule has 3 atom stereocenters. The van der Waals surface area contributed by atoms with E-state index in [4.69, 9.17) is 9.84 Å². The quantitative estimate of drug-likeness (QED) is 0.686. The van der Waals surface area contributed by atoms with Crippen molar-refractivity contribution in [3.05, 3.63) is 0 Å². The Morgan fingerprint density at radius 3 is 2.74 bits per heavy atom. The Kier molecular flexibility index (Phi) is 4.26. The van der Waals surface area contributed by atoms with Crippen LogP contribution in [0, 0.1) is 0 Å². The predicted molar refractivity (Wildman–Crippen MR) is 65.8 cm³/mol. The second-order valence-corrected chi connectivity index (χ2v) is 5.16. The lowest BCUT2D eigenvalue weighted by Gasteiger charge is -2.30. The Morgan fingerprint density at radius 2 is 2.05 bits per heavy atom. The first-order valence-corrected chi connectivity index (χ1v) is 6.57. The van der Waals surface area contributed by atoms with Crippen molar-refractivity contribution < 1.29 is 24.5 Å². The molecule has 2 aliphatic rings. The molecule has 2 amide bonds. The van der Waals surface area contributed by atoms with Crippen LogP contribution >= 0.6 is 0 Å². The maximum absolute atomic E-state index is 12.4. The van der Waals surface area contributed by atoms with Gasteiger partial charge in [0.25, 0.3) is 0 Å². The lowest BCUT2D eigenvalue weighted by molar-refractivity contribution is -0.141. The molecule has 2 N–H and O–H groups in total. The summed E-state index contributed by atoms with van der Waals surface area (Å²) in [6.07, 6.45) is 0.0264. The summed E-state index contributed by atoms with van der Waals surface area (Å²) in [5.74, 6) is -1.07. The van der Waals surface area contributed by atoms with Crippen LogP contribution in [0.3, 0.4) is 0 Å². The van der Waals surface area contributed by atoms with Gasteiger partial charge in [0, 0.05) is 32.7 Å². The van der Waals surface area contributed by atoms with Crippen LogP contribution in [-0.4, -0.2) is 76.5 Å². The highest BCUT2D eigenvalue weighted by Gasteiger charge is 2.40. The highest BCUT2D eigenvalue weighted by Crippen LogP contribution is 2.21. The maximum Gasteiger partial charge on any atom is 0.326 e. The van der Waals surface area contributed by atoms with Crippen molar-refractivity contribution in [1.82, 2.24) is 9.80 Å². The van der Waals surface area contributed by atoms with Crippen molar-refractivity contribution >= 4 is 12.0 Å². The molecule has 0 aromatic rings. The molecular weight excluding hydrogens is 252 g/mol. The van der Waals surface area contributed by atoms with Crippen molar-refractivity contribution in [2.45, 2.75) is 38.0 Å². The van der Waals surface area contributed by atoms with Crippen LogP contribution in [-0.2, 0) is 9.53 Å². The summed E-state index contributed by atoms with van der Waals surface area (Å²) in [7, 11) is 0. The molecular formula is C12H20N2O5. The van der Waals surface area contributed by atoms with Crippen LogP contribution in [0.5, 0.6) is 0 Å². The van der Waals surface area contributed by atoms with Gasteiger partial charge in [-0.15, -0.1) is 0 Å². The minimum Gasteiger partial charge on any atom is -0.480 e. The van der Waals surface area contributed by atoms with Gasteiger partial charge < -0.3 is 24.7 Å². The van der Waals surface area contributed by atoms with E-state index >= 15 is 0 Å². The van der Waals surface area contributed by atoms with Crippen LogP contribution in [0.15, 0.2) is 0 Å². The van der Waals surface area contributed by atoms with Crippen molar-refractivity contribution in [3.63, 3.8) is 0 Å². The fourth-order valence-electron chi connectivity index (χ4n) is 2.61. The Balaban J connectivity index is 2.06. The number of amides is 2. The Bertz CT molecular complexity index is 362. The number of aliphatic hydroxyl groups excluding tert-OH is 1. The number of carbonyl (C=O) groups excluding carboxylic acids is 1. The maximum atomic E-state index is 12.4. The summed E-state index contributed by atoms with van der Waals surface area (Å²) in [4.78, 5) is 26.4. The molecule has 0 saturated carbocycles. The van der Waals surface area contributed by atoms with Gasteiger partial charge in [-0.05, 0) is 13.3 Å². The molecule has 7 heteroatoms. The number of β-amino-alcohol motifs (C(OH)–C–C–N with tert-alkyl or cyclic N) is 1. The lowest BCUT2D eigenvalue weighted by atomic mass is 10.2. The first-order chi connectivity index (χ1) is 8.99. The van der Waals surface area contributed by atoms with Crippen molar-refractivity contribution in [2.75, 3.05) is 26.2 Å². The van der Waals surface area contributed by atoms with Crippen LogP contribution < -0.4 is 0 Å². The lowest BCUT2D eigenvalue weighted by Crippen LogP contribution is -2.49. The highest BCUT2D eigenvalue weighted by atomic mass is 16.5. The molecule has 2 aliphatic heterocycles. The molecule has 2 rings (SSSR count). The third kappa shape index (κ3) is 3.16. The van der Waals surface area contributed by atoms with Crippen molar-refractivity contribution in [3.8, 4) is 0 Å². The molecule has 7 nitrogen and oxygen atoms in total. The summed E-state index contributed by atoms with van der Waals surface area (Å²) in [6, 6.07) is -1.25. The molecule has 2 heterocycles. The summed E-state index contributed by atoms with van der Waals surface area (Å²) >= 11 is 0. The zero-order valence-corrected chi connectivity index (χ0v) is 11.0. The number of carboxylic acids is 1. The van der Waals surface area contributed by atoms with Gasteiger partial charge >= 0.3 is 12.0 Å². The third-order valence-corrected chi connectivity index (χ3v) is 3.53. The Hall–Kier alpha value is -1.34. The van der Waals surface area contributed by atoms with Gasteiger partial charge in [-0.3, -0.25) is 0 Å². The zero-order chi connectivity index (χ0) is 14.0. The average molecular weight is 272 g/mol. The van der Waals surface area contributed by atoms with E-state index in [9.17, 15) is 14.7 Å². The van der Waals surface area contributed by atoms with E-state index < -0.39 is 18.1 Å². The summed E-state index contributed by atoms with van der Waals surface area (Å²) in [6.45, 7) is 3.59. The van der Waals surface area contributed by atoms with E-state index in [2.05, 4.69) is 0 Å². The molecule has 19 heavy (non-hydrogen) atoms. The van der Waals surface area contributed by atoms with E-state index in [1.165, 1.54) is 4.90 Å². The van der Waals surface area contributed by atoms with E-state index in [1.807, 2.05) is 6.92 Å². The van der Waals surface area contributed by atoms with E-state index in [0.29, 0.717) is 19.7 Å². The minimum absolute atomic E-state index is 0.0535. The molecule has 0 aliphatic carbocycles. The van der Waals surface area contributed by atoms with Gasteiger partial charge in [0.2, 0.25) is 0 Å². The minimum atomic E-state index is -1.07. The number of aliphatic hydroxyl groups is 1. The van der Waals surface area contributed by atoms with Crippen LogP contribution in [0.25, 0.3) is 0 Å².